The summed E-state index contributed by atoms with van der Waals surface area (Å²) in [6, 6.07) is 2.80. The molecule has 2 rings (SSSR count). The molecule has 2 aromatic rings. The van der Waals surface area contributed by atoms with Crippen molar-refractivity contribution in [3.8, 4) is 5.75 Å². The van der Waals surface area contributed by atoms with Crippen LogP contribution in [-0.4, -0.2) is 21.6 Å². The first-order chi connectivity index (χ1) is 6.22. The first-order valence-electron chi connectivity index (χ1n) is 3.54. The number of carbonyl (C=O) groups excluding carboxylic acids is 1. The van der Waals surface area contributed by atoms with E-state index in [-0.39, 0.29) is 5.75 Å². The van der Waals surface area contributed by atoms with Crippen LogP contribution in [0.3, 0.4) is 0 Å². The number of aromatic nitrogens is 2. The zero-order valence-corrected chi connectivity index (χ0v) is 7.17. The molecular weight excluding hydrogens is 192 g/mol. The van der Waals surface area contributed by atoms with Gasteiger partial charge in [0.15, 0.2) is 6.29 Å². The third kappa shape index (κ3) is 1.15. The highest BCUT2D eigenvalue weighted by Crippen LogP contribution is 2.28. The first kappa shape index (κ1) is 8.07. The van der Waals surface area contributed by atoms with Gasteiger partial charge in [-0.15, -0.1) is 0 Å². The number of phenolic OH excluding ortho intramolecular Hbond substituents is 1. The summed E-state index contributed by atoms with van der Waals surface area (Å²) in [5.41, 5.74) is 0.798. The quantitative estimate of drug-likeness (QED) is 0.683. The van der Waals surface area contributed by atoms with Crippen LogP contribution < -0.4 is 0 Å². The van der Waals surface area contributed by atoms with Crippen LogP contribution in [0, 0.1) is 0 Å². The zero-order chi connectivity index (χ0) is 9.42. The van der Waals surface area contributed by atoms with E-state index in [4.69, 9.17) is 16.7 Å². The van der Waals surface area contributed by atoms with Crippen LogP contribution in [0.4, 0.5) is 0 Å². The van der Waals surface area contributed by atoms with E-state index in [1.807, 2.05) is 0 Å². The molecule has 1 aromatic carbocycles. The molecule has 0 atom stereocenters. The molecular formula is C8H5ClN2O2. The summed E-state index contributed by atoms with van der Waals surface area (Å²) in [7, 11) is 0. The Morgan fingerprint density at radius 1 is 1.54 bits per heavy atom. The van der Waals surface area contributed by atoms with E-state index in [1.54, 1.807) is 0 Å². The van der Waals surface area contributed by atoms with Gasteiger partial charge in [-0.25, -0.2) is 0 Å². The first-order valence-corrected chi connectivity index (χ1v) is 3.92. The van der Waals surface area contributed by atoms with Crippen LogP contribution in [0.1, 0.15) is 10.5 Å². The molecule has 0 radical (unpaired) electrons. The molecule has 0 fully saturated rings. The van der Waals surface area contributed by atoms with Gasteiger partial charge in [-0.05, 0) is 6.07 Å². The Hall–Kier alpha value is -1.55. The lowest BCUT2D eigenvalue weighted by Crippen LogP contribution is -1.79. The average Bonchev–Trinajstić information content (AvgIpc) is 2.47. The summed E-state index contributed by atoms with van der Waals surface area (Å²) < 4.78 is 0. The molecule has 0 saturated heterocycles. The topological polar surface area (TPSA) is 66.0 Å². The molecule has 0 aliphatic rings. The molecule has 0 aliphatic heterocycles. The third-order valence-electron chi connectivity index (χ3n) is 1.74. The second-order valence-corrected chi connectivity index (χ2v) is 2.98. The zero-order valence-electron chi connectivity index (χ0n) is 6.41. The van der Waals surface area contributed by atoms with Crippen molar-refractivity contribution in [3.05, 3.63) is 22.8 Å². The van der Waals surface area contributed by atoms with Crippen LogP contribution in [0.15, 0.2) is 12.1 Å². The Balaban J connectivity index is 2.89. The maximum Gasteiger partial charge on any atom is 0.168 e. The lowest BCUT2D eigenvalue weighted by Gasteiger charge is -1.94. The van der Waals surface area contributed by atoms with E-state index in [2.05, 4.69) is 10.2 Å². The van der Waals surface area contributed by atoms with E-state index >= 15 is 0 Å². The van der Waals surface area contributed by atoms with E-state index < -0.39 is 0 Å². The molecule has 0 bridgehead atoms. The van der Waals surface area contributed by atoms with Gasteiger partial charge >= 0.3 is 0 Å². The fourth-order valence-electron chi connectivity index (χ4n) is 1.19. The van der Waals surface area contributed by atoms with Gasteiger partial charge in [-0.1, -0.05) is 11.6 Å². The minimum absolute atomic E-state index is 0.0291. The number of benzene rings is 1. The highest BCUT2D eigenvalue weighted by Gasteiger charge is 2.09. The summed E-state index contributed by atoms with van der Waals surface area (Å²) in [6.07, 6.45) is 0.637. The van der Waals surface area contributed by atoms with E-state index in [9.17, 15) is 4.79 Å². The Morgan fingerprint density at radius 2 is 2.31 bits per heavy atom. The number of halogens is 1. The lowest BCUT2D eigenvalue weighted by atomic mass is 10.2. The number of phenols is 1. The smallest absolute Gasteiger partial charge is 0.168 e. The van der Waals surface area contributed by atoms with Gasteiger partial charge in [-0.3, -0.25) is 9.89 Å². The van der Waals surface area contributed by atoms with Gasteiger partial charge in [-0.2, -0.15) is 5.10 Å². The van der Waals surface area contributed by atoms with Crippen LogP contribution in [0.5, 0.6) is 5.75 Å². The predicted octanol–water partition coefficient (Wildman–Crippen LogP) is 1.73. The number of fused-ring (bicyclic) bond motifs is 1. The van der Waals surface area contributed by atoms with Crippen molar-refractivity contribution in [2.45, 2.75) is 0 Å². The summed E-state index contributed by atoms with van der Waals surface area (Å²) in [5.74, 6) is 0.0291. The number of nitrogens with one attached hydrogen (secondary N) is 1. The van der Waals surface area contributed by atoms with Crippen molar-refractivity contribution in [2.24, 2.45) is 0 Å². The van der Waals surface area contributed by atoms with Crippen molar-refractivity contribution in [1.82, 2.24) is 10.2 Å². The summed E-state index contributed by atoms with van der Waals surface area (Å²) >= 11 is 5.81. The Labute approximate surface area is 78.1 Å². The molecule has 0 saturated carbocycles. The molecule has 4 nitrogen and oxygen atoms in total. The Morgan fingerprint density at radius 3 is 3.00 bits per heavy atom. The number of aromatic amines is 1. The lowest BCUT2D eigenvalue weighted by molar-refractivity contribution is 0.112. The monoisotopic (exact) mass is 196 g/mol. The minimum Gasteiger partial charge on any atom is -0.508 e. The predicted molar refractivity (Wildman–Crippen MR) is 48.2 cm³/mol. The number of hydrogen-bond donors (Lipinski definition) is 2. The summed E-state index contributed by atoms with van der Waals surface area (Å²) in [4.78, 5) is 10.5. The molecule has 1 heterocycles. The van der Waals surface area contributed by atoms with Gasteiger partial charge < -0.3 is 5.11 Å². The number of hydrogen-bond acceptors (Lipinski definition) is 3. The number of aromatic hydroxyl groups is 1. The van der Waals surface area contributed by atoms with Crippen LogP contribution in [0.2, 0.25) is 5.02 Å². The molecule has 66 valence electrons. The largest absolute Gasteiger partial charge is 0.508 e. The SMILES string of the molecule is O=Cc1[nH]nc2cc(O)cc(Cl)c12. The maximum absolute atomic E-state index is 10.5. The highest BCUT2D eigenvalue weighted by molar-refractivity contribution is 6.36. The molecule has 2 N–H and O–H groups in total. The molecule has 0 spiro atoms. The van der Waals surface area contributed by atoms with Gasteiger partial charge in [0.05, 0.1) is 10.5 Å². The van der Waals surface area contributed by atoms with Crippen LogP contribution in [-0.2, 0) is 0 Å². The molecule has 0 aliphatic carbocycles. The maximum atomic E-state index is 10.5. The molecule has 0 amide bonds. The Kier molecular flexibility index (Phi) is 1.70. The van der Waals surface area contributed by atoms with E-state index in [1.165, 1.54) is 12.1 Å². The number of aldehydes is 1. The van der Waals surface area contributed by atoms with Crippen molar-refractivity contribution >= 4 is 28.8 Å². The van der Waals surface area contributed by atoms with Crippen LogP contribution in [0.25, 0.3) is 10.9 Å². The average molecular weight is 197 g/mol. The van der Waals surface area contributed by atoms with Crippen molar-refractivity contribution < 1.29 is 9.90 Å². The normalized spacial score (nSPS) is 10.5. The number of rotatable bonds is 1. The van der Waals surface area contributed by atoms with Gasteiger partial charge in [0, 0.05) is 11.5 Å². The second kappa shape index (κ2) is 2.74. The fraction of sp³-hybridized carbons (Fsp3) is 0. The molecule has 0 unspecified atom stereocenters. The van der Waals surface area contributed by atoms with Gasteiger partial charge in [0.1, 0.15) is 11.4 Å². The number of nitrogens with zero attached hydrogens (tertiary/aromatic N) is 1. The summed E-state index contributed by atoms with van der Waals surface area (Å²) in [5, 5.41) is 16.3. The standard InChI is InChI=1S/C8H5ClN2O2/c9-5-1-4(13)2-6-8(5)7(3-12)11-10-6/h1-3,13H,(H,10,11). The van der Waals surface area contributed by atoms with E-state index in [0.717, 1.165) is 0 Å². The van der Waals surface area contributed by atoms with E-state index in [0.29, 0.717) is 27.9 Å². The minimum atomic E-state index is 0.0291. The fourth-order valence-corrected chi connectivity index (χ4v) is 1.51. The van der Waals surface area contributed by atoms with Crippen molar-refractivity contribution in [1.29, 1.82) is 0 Å². The molecule has 5 heteroatoms. The molecule has 13 heavy (non-hydrogen) atoms. The third-order valence-corrected chi connectivity index (χ3v) is 2.04. The summed E-state index contributed by atoms with van der Waals surface area (Å²) in [6.45, 7) is 0. The second-order valence-electron chi connectivity index (χ2n) is 2.58. The van der Waals surface area contributed by atoms with Crippen molar-refractivity contribution in [2.75, 3.05) is 0 Å². The van der Waals surface area contributed by atoms with Crippen LogP contribution >= 0.6 is 11.6 Å². The van der Waals surface area contributed by atoms with Crippen molar-refractivity contribution in [3.63, 3.8) is 0 Å². The number of carbonyl (C=O) groups is 1. The number of H-pyrrole nitrogens is 1. The van der Waals surface area contributed by atoms with Gasteiger partial charge in [0.2, 0.25) is 0 Å². The Bertz CT molecular complexity index is 478. The highest BCUT2D eigenvalue weighted by atomic mass is 35.5. The molecule has 1 aromatic heterocycles. The van der Waals surface area contributed by atoms with Gasteiger partial charge in [0.25, 0.3) is 0 Å².